The lowest BCUT2D eigenvalue weighted by molar-refractivity contribution is 0.0221. The Bertz CT molecular complexity index is 496. The van der Waals surface area contributed by atoms with Gasteiger partial charge in [-0.1, -0.05) is 0 Å². The molecule has 1 unspecified atom stereocenters. The molecule has 5 nitrogen and oxygen atoms in total. The minimum atomic E-state index is -0.424. The van der Waals surface area contributed by atoms with Gasteiger partial charge < -0.3 is 15.0 Å². The van der Waals surface area contributed by atoms with Crippen LogP contribution < -0.4 is 5.32 Å². The van der Waals surface area contributed by atoms with Crippen LogP contribution in [-0.2, 0) is 11.3 Å². The van der Waals surface area contributed by atoms with Crippen molar-refractivity contribution in [3.05, 3.63) is 16.1 Å². The third kappa shape index (κ3) is 5.25. The van der Waals surface area contributed by atoms with Crippen LogP contribution in [0.4, 0.5) is 4.79 Å². The summed E-state index contributed by atoms with van der Waals surface area (Å²) in [6.45, 7) is 10.3. The molecular formula is C16H27N3O2S. The Labute approximate surface area is 137 Å². The van der Waals surface area contributed by atoms with E-state index in [-0.39, 0.29) is 6.09 Å². The van der Waals surface area contributed by atoms with Crippen LogP contribution in [0.15, 0.2) is 6.20 Å². The van der Waals surface area contributed by atoms with Crippen LogP contribution in [0.5, 0.6) is 0 Å². The Morgan fingerprint density at radius 2 is 2.32 bits per heavy atom. The summed E-state index contributed by atoms with van der Waals surface area (Å²) in [4.78, 5) is 19.6. The van der Waals surface area contributed by atoms with Crippen molar-refractivity contribution in [1.29, 1.82) is 0 Å². The number of thiazole rings is 1. The minimum Gasteiger partial charge on any atom is -0.444 e. The summed E-state index contributed by atoms with van der Waals surface area (Å²) in [5.41, 5.74) is -0.424. The molecule has 0 aliphatic carbocycles. The number of nitrogens with one attached hydrogen (secondary N) is 1. The number of nitrogens with zero attached hydrogens (tertiary/aromatic N) is 2. The van der Waals surface area contributed by atoms with Crippen molar-refractivity contribution in [3.63, 3.8) is 0 Å². The Morgan fingerprint density at radius 1 is 1.55 bits per heavy atom. The van der Waals surface area contributed by atoms with Crippen LogP contribution in [0.3, 0.4) is 0 Å². The van der Waals surface area contributed by atoms with E-state index in [0.29, 0.717) is 6.04 Å². The van der Waals surface area contributed by atoms with Gasteiger partial charge in [-0.25, -0.2) is 9.78 Å². The number of rotatable bonds is 5. The third-order valence-electron chi connectivity index (χ3n) is 3.63. The number of hydrogen-bond donors (Lipinski definition) is 1. The molecule has 1 atom stereocenters. The Hall–Kier alpha value is -1.14. The van der Waals surface area contributed by atoms with E-state index in [4.69, 9.17) is 4.74 Å². The van der Waals surface area contributed by atoms with Gasteiger partial charge in [-0.2, -0.15) is 0 Å². The largest absolute Gasteiger partial charge is 0.444 e. The number of ether oxygens (including phenoxy) is 1. The van der Waals surface area contributed by atoms with Crippen molar-refractivity contribution in [2.24, 2.45) is 0 Å². The molecule has 1 aliphatic heterocycles. The maximum absolute atomic E-state index is 12.2. The summed E-state index contributed by atoms with van der Waals surface area (Å²) in [7, 11) is 0. The number of carbonyl (C=O) groups is 1. The first-order valence-electron chi connectivity index (χ1n) is 7.97. The molecular weight excluding hydrogens is 298 g/mol. The highest BCUT2D eigenvalue weighted by Gasteiger charge is 2.31. The van der Waals surface area contributed by atoms with Crippen molar-refractivity contribution in [2.45, 2.75) is 65.1 Å². The monoisotopic (exact) mass is 325 g/mol. The first-order valence-corrected chi connectivity index (χ1v) is 8.78. The van der Waals surface area contributed by atoms with Crippen molar-refractivity contribution >= 4 is 17.4 Å². The van der Waals surface area contributed by atoms with Crippen LogP contribution >= 0.6 is 11.3 Å². The zero-order valence-corrected chi connectivity index (χ0v) is 14.8. The van der Waals surface area contributed by atoms with Crippen LogP contribution in [-0.4, -0.2) is 40.7 Å². The average molecular weight is 325 g/mol. The molecule has 22 heavy (non-hydrogen) atoms. The first-order chi connectivity index (χ1) is 10.3. The van der Waals surface area contributed by atoms with E-state index < -0.39 is 5.60 Å². The summed E-state index contributed by atoms with van der Waals surface area (Å²) in [6, 6.07) is 0.297. The predicted octanol–water partition coefficient (Wildman–Crippen LogP) is 3.33. The molecule has 1 N–H and O–H groups in total. The molecule has 1 aromatic heterocycles. The van der Waals surface area contributed by atoms with E-state index in [1.807, 2.05) is 38.8 Å². The normalized spacial score (nSPS) is 18.7. The van der Waals surface area contributed by atoms with E-state index in [9.17, 15) is 4.79 Å². The maximum atomic E-state index is 12.2. The zero-order chi connectivity index (χ0) is 16.2. The first kappa shape index (κ1) is 17.2. The number of likely N-dealkylation sites (tertiary alicyclic amines) is 1. The van der Waals surface area contributed by atoms with Crippen LogP contribution in [0.25, 0.3) is 0 Å². The van der Waals surface area contributed by atoms with Gasteiger partial charge in [-0.15, -0.1) is 11.3 Å². The summed E-state index contributed by atoms with van der Waals surface area (Å²) in [6.07, 6.45) is 4.86. The van der Waals surface area contributed by atoms with E-state index in [0.717, 1.165) is 43.9 Å². The lowest BCUT2D eigenvalue weighted by Crippen LogP contribution is -2.40. The van der Waals surface area contributed by atoms with E-state index in [2.05, 4.69) is 10.3 Å². The molecule has 0 bridgehead atoms. The Kier molecular flexibility index (Phi) is 5.81. The molecule has 0 spiro atoms. The fourth-order valence-corrected chi connectivity index (χ4v) is 3.43. The fourth-order valence-electron chi connectivity index (χ4n) is 2.66. The zero-order valence-electron chi connectivity index (χ0n) is 14.0. The number of carbonyl (C=O) groups excluding carboxylic acids is 1. The highest BCUT2D eigenvalue weighted by atomic mass is 32.1. The molecule has 6 heteroatoms. The lowest BCUT2D eigenvalue weighted by atomic mass is 10.1. The second-order valence-electron chi connectivity index (χ2n) is 6.78. The van der Waals surface area contributed by atoms with Crippen LogP contribution in [0.2, 0.25) is 0 Å². The third-order valence-corrected chi connectivity index (χ3v) is 4.54. The SMILES string of the molecule is Cc1ncc(CNCCC2CCCN2C(=O)OC(C)(C)C)s1. The van der Waals surface area contributed by atoms with Gasteiger partial charge in [0.2, 0.25) is 0 Å². The van der Waals surface area contributed by atoms with Gasteiger partial charge in [0.25, 0.3) is 0 Å². The molecule has 1 amide bonds. The van der Waals surface area contributed by atoms with Gasteiger partial charge in [0.15, 0.2) is 0 Å². The predicted molar refractivity (Wildman–Crippen MR) is 89.1 cm³/mol. The molecule has 0 saturated carbocycles. The summed E-state index contributed by atoms with van der Waals surface area (Å²) < 4.78 is 5.49. The van der Waals surface area contributed by atoms with Gasteiger partial charge in [0, 0.05) is 30.2 Å². The molecule has 0 radical (unpaired) electrons. The highest BCUT2D eigenvalue weighted by molar-refractivity contribution is 7.11. The number of hydrogen-bond acceptors (Lipinski definition) is 5. The Balaban J connectivity index is 1.73. The van der Waals surface area contributed by atoms with Crippen molar-refractivity contribution in [2.75, 3.05) is 13.1 Å². The quantitative estimate of drug-likeness (QED) is 0.844. The van der Waals surface area contributed by atoms with Crippen molar-refractivity contribution in [1.82, 2.24) is 15.2 Å². The standard InChI is InChI=1S/C16H27N3O2S/c1-12-18-11-14(22-12)10-17-8-7-13-6-5-9-19(13)15(20)21-16(2,3)4/h11,13,17H,5-10H2,1-4H3. The summed E-state index contributed by atoms with van der Waals surface area (Å²) >= 11 is 1.72. The molecule has 1 aliphatic rings. The molecule has 0 aromatic carbocycles. The van der Waals surface area contributed by atoms with Gasteiger partial charge in [0.05, 0.1) is 5.01 Å². The lowest BCUT2D eigenvalue weighted by Gasteiger charge is -2.28. The van der Waals surface area contributed by atoms with Gasteiger partial charge >= 0.3 is 6.09 Å². The molecule has 1 aromatic rings. The smallest absolute Gasteiger partial charge is 0.410 e. The van der Waals surface area contributed by atoms with E-state index in [1.54, 1.807) is 11.3 Å². The van der Waals surface area contributed by atoms with Crippen molar-refractivity contribution in [3.8, 4) is 0 Å². The van der Waals surface area contributed by atoms with Gasteiger partial charge in [-0.05, 0) is 53.5 Å². The molecule has 2 heterocycles. The van der Waals surface area contributed by atoms with Gasteiger partial charge in [0.1, 0.15) is 5.60 Å². The minimum absolute atomic E-state index is 0.173. The second-order valence-corrected chi connectivity index (χ2v) is 8.10. The van der Waals surface area contributed by atoms with Crippen molar-refractivity contribution < 1.29 is 9.53 Å². The average Bonchev–Trinajstić information content (AvgIpc) is 3.01. The molecule has 1 saturated heterocycles. The number of amides is 1. The summed E-state index contributed by atoms with van der Waals surface area (Å²) in [5, 5.41) is 4.54. The number of aromatic nitrogens is 1. The van der Waals surface area contributed by atoms with Gasteiger partial charge in [-0.3, -0.25) is 0 Å². The second kappa shape index (κ2) is 7.42. The maximum Gasteiger partial charge on any atom is 0.410 e. The number of aryl methyl sites for hydroxylation is 1. The van der Waals surface area contributed by atoms with E-state index in [1.165, 1.54) is 4.88 Å². The van der Waals surface area contributed by atoms with Crippen LogP contribution in [0, 0.1) is 6.92 Å². The molecule has 1 fully saturated rings. The molecule has 2 rings (SSSR count). The fraction of sp³-hybridized carbons (Fsp3) is 0.750. The summed E-state index contributed by atoms with van der Waals surface area (Å²) in [5.74, 6) is 0. The van der Waals surface area contributed by atoms with E-state index >= 15 is 0 Å². The Morgan fingerprint density at radius 3 is 2.95 bits per heavy atom. The topological polar surface area (TPSA) is 54.5 Å². The molecule has 124 valence electrons. The highest BCUT2D eigenvalue weighted by Crippen LogP contribution is 2.22. The van der Waals surface area contributed by atoms with Crippen LogP contribution in [0.1, 0.15) is 49.9 Å².